The lowest BCUT2D eigenvalue weighted by atomic mass is 10.0. The Morgan fingerprint density at radius 2 is 2.00 bits per heavy atom. The first-order valence-electron chi connectivity index (χ1n) is 8.33. The molecule has 1 atom stereocenters. The number of carboxylic acids is 1. The van der Waals surface area contributed by atoms with E-state index in [0.717, 1.165) is 5.56 Å². The molecule has 136 valence electrons. The summed E-state index contributed by atoms with van der Waals surface area (Å²) in [6.07, 6.45) is 0. The number of carbonyl (C=O) groups excluding carboxylic acids is 1. The predicted molar refractivity (Wildman–Crippen MR) is 97.0 cm³/mol. The first-order chi connectivity index (χ1) is 13.1. The molecular formula is C20H16N2O5. The van der Waals surface area contributed by atoms with Gasteiger partial charge in [-0.1, -0.05) is 35.5 Å². The number of rotatable bonds is 4. The van der Waals surface area contributed by atoms with Crippen LogP contribution in [0, 0.1) is 0 Å². The molecule has 1 amide bonds. The highest BCUT2D eigenvalue weighted by Crippen LogP contribution is 2.37. The third kappa shape index (κ3) is 2.93. The maximum Gasteiger partial charge on any atom is 0.312 e. The Kier molecular flexibility index (Phi) is 4.12. The first kappa shape index (κ1) is 16.8. The normalized spacial score (nSPS) is 15.4. The Morgan fingerprint density at radius 1 is 1.19 bits per heavy atom. The van der Waals surface area contributed by atoms with Crippen molar-refractivity contribution in [2.45, 2.75) is 5.92 Å². The molecule has 27 heavy (non-hydrogen) atoms. The van der Waals surface area contributed by atoms with E-state index in [1.54, 1.807) is 49.6 Å². The number of ether oxygens (including phenoxy) is 1. The average Bonchev–Trinajstić information content (AvgIpc) is 3.33. The van der Waals surface area contributed by atoms with Crippen LogP contribution < -0.4 is 9.64 Å². The molecule has 4 rings (SSSR count). The molecule has 0 bridgehead atoms. The van der Waals surface area contributed by atoms with Crippen LogP contribution in [-0.4, -0.2) is 35.8 Å². The summed E-state index contributed by atoms with van der Waals surface area (Å²) in [7, 11) is 1.57. The lowest BCUT2D eigenvalue weighted by Gasteiger charge is -2.15. The van der Waals surface area contributed by atoms with Gasteiger partial charge in [0.2, 0.25) is 0 Å². The second kappa shape index (κ2) is 6.60. The van der Waals surface area contributed by atoms with Crippen LogP contribution in [0.15, 0.2) is 59.1 Å². The number of aromatic nitrogens is 1. The molecule has 7 nitrogen and oxygen atoms in total. The van der Waals surface area contributed by atoms with Crippen LogP contribution in [0.1, 0.15) is 22.0 Å². The van der Waals surface area contributed by atoms with Crippen LogP contribution in [0.2, 0.25) is 0 Å². The van der Waals surface area contributed by atoms with Gasteiger partial charge >= 0.3 is 5.97 Å². The molecular weight excluding hydrogens is 348 g/mol. The Labute approximate surface area is 154 Å². The van der Waals surface area contributed by atoms with Crippen LogP contribution in [0.25, 0.3) is 11.3 Å². The van der Waals surface area contributed by atoms with Crippen molar-refractivity contribution < 1.29 is 24.0 Å². The van der Waals surface area contributed by atoms with Crippen LogP contribution in [0.4, 0.5) is 5.69 Å². The van der Waals surface area contributed by atoms with E-state index in [4.69, 9.17) is 9.26 Å². The summed E-state index contributed by atoms with van der Waals surface area (Å²) < 4.78 is 10.5. The van der Waals surface area contributed by atoms with Gasteiger partial charge in [0.15, 0.2) is 11.5 Å². The van der Waals surface area contributed by atoms with Gasteiger partial charge in [0.25, 0.3) is 5.91 Å². The number of para-hydroxylation sites is 1. The van der Waals surface area contributed by atoms with Crippen molar-refractivity contribution in [1.82, 2.24) is 5.16 Å². The number of carbonyl (C=O) groups is 2. The lowest BCUT2D eigenvalue weighted by Crippen LogP contribution is -2.31. The molecule has 0 radical (unpaired) electrons. The second-order valence-electron chi connectivity index (χ2n) is 6.17. The summed E-state index contributed by atoms with van der Waals surface area (Å²) in [6.45, 7) is 0.0644. The third-order valence-electron chi connectivity index (χ3n) is 4.59. The molecule has 0 spiro atoms. The van der Waals surface area contributed by atoms with Crippen molar-refractivity contribution in [2.24, 2.45) is 0 Å². The van der Waals surface area contributed by atoms with Gasteiger partial charge in [-0.25, -0.2) is 0 Å². The molecule has 0 saturated carbocycles. The van der Waals surface area contributed by atoms with Gasteiger partial charge in [0, 0.05) is 23.9 Å². The van der Waals surface area contributed by atoms with Gasteiger partial charge < -0.3 is 19.3 Å². The van der Waals surface area contributed by atoms with Gasteiger partial charge in [0.1, 0.15) is 11.7 Å². The smallest absolute Gasteiger partial charge is 0.312 e. The van der Waals surface area contributed by atoms with E-state index in [1.165, 1.54) is 4.90 Å². The maximum atomic E-state index is 12.9. The summed E-state index contributed by atoms with van der Waals surface area (Å²) in [5, 5.41) is 13.3. The van der Waals surface area contributed by atoms with E-state index >= 15 is 0 Å². The number of nitrogens with zero attached hydrogens (tertiary/aromatic N) is 2. The van der Waals surface area contributed by atoms with Gasteiger partial charge in [-0.2, -0.15) is 0 Å². The highest BCUT2D eigenvalue weighted by Gasteiger charge is 2.37. The molecule has 2 aromatic carbocycles. The van der Waals surface area contributed by atoms with Crippen LogP contribution >= 0.6 is 0 Å². The van der Waals surface area contributed by atoms with Crippen LogP contribution in [0.3, 0.4) is 0 Å². The predicted octanol–water partition coefficient (Wildman–Crippen LogP) is 3.18. The number of methoxy groups -OCH3 is 1. The van der Waals surface area contributed by atoms with Crippen LogP contribution in [0.5, 0.6) is 5.75 Å². The number of amides is 1. The van der Waals surface area contributed by atoms with Gasteiger partial charge in [-0.05, 0) is 23.8 Å². The molecule has 1 aromatic heterocycles. The average molecular weight is 364 g/mol. The fraction of sp³-hybridized carbons (Fsp3) is 0.150. The molecule has 0 aliphatic carbocycles. The molecule has 3 aromatic rings. The summed E-state index contributed by atoms with van der Waals surface area (Å²) >= 11 is 0. The SMILES string of the molecule is COc1cccc(-c2cc(C(=O)N3C[C@H](C(=O)O)c4ccccc43)no2)c1. The fourth-order valence-corrected chi connectivity index (χ4v) is 3.24. The summed E-state index contributed by atoms with van der Waals surface area (Å²) in [4.78, 5) is 25.9. The number of hydrogen-bond donors (Lipinski definition) is 1. The van der Waals surface area contributed by atoms with Gasteiger partial charge in [-0.3, -0.25) is 9.59 Å². The van der Waals surface area contributed by atoms with Gasteiger partial charge in [-0.15, -0.1) is 0 Å². The van der Waals surface area contributed by atoms with E-state index in [-0.39, 0.29) is 12.2 Å². The minimum Gasteiger partial charge on any atom is -0.497 e. The molecule has 7 heteroatoms. The highest BCUT2D eigenvalue weighted by atomic mass is 16.5. The number of carboxylic acid groups (broad SMARTS) is 1. The summed E-state index contributed by atoms with van der Waals surface area (Å²) in [5.74, 6) is -1.02. The minimum atomic E-state index is -0.963. The maximum absolute atomic E-state index is 12.9. The minimum absolute atomic E-state index is 0.0644. The topological polar surface area (TPSA) is 92.9 Å². The number of hydrogen-bond acceptors (Lipinski definition) is 5. The van der Waals surface area contributed by atoms with Crippen molar-refractivity contribution in [1.29, 1.82) is 0 Å². The van der Waals surface area contributed by atoms with E-state index in [2.05, 4.69) is 5.16 Å². The Bertz CT molecular complexity index is 1030. The molecule has 0 fully saturated rings. The standard InChI is InChI=1S/C20H16N2O5/c1-26-13-6-4-5-12(9-13)18-10-16(21-27-18)19(23)22-11-15(20(24)25)14-7-2-3-8-17(14)22/h2-10,15H,11H2,1H3,(H,24,25)/t15-/m0/s1. The lowest BCUT2D eigenvalue weighted by molar-refractivity contribution is -0.138. The van der Waals surface area contributed by atoms with Crippen molar-refractivity contribution in [2.75, 3.05) is 18.6 Å². The van der Waals surface area contributed by atoms with Crippen molar-refractivity contribution in [3.63, 3.8) is 0 Å². The number of aliphatic carboxylic acids is 1. The second-order valence-corrected chi connectivity index (χ2v) is 6.17. The zero-order chi connectivity index (χ0) is 19.0. The highest BCUT2D eigenvalue weighted by molar-refractivity contribution is 6.08. The fourth-order valence-electron chi connectivity index (χ4n) is 3.24. The summed E-state index contributed by atoms with van der Waals surface area (Å²) in [6, 6.07) is 15.8. The molecule has 1 aliphatic rings. The third-order valence-corrected chi connectivity index (χ3v) is 4.59. The van der Waals surface area contributed by atoms with Crippen molar-refractivity contribution >= 4 is 17.6 Å². The van der Waals surface area contributed by atoms with E-state index in [0.29, 0.717) is 22.8 Å². The van der Waals surface area contributed by atoms with Crippen molar-refractivity contribution in [3.8, 4) is 17.1 Å². The number of anilines is 1. The molecule has 1 N–H and O–H groups in total. The zero-order valence-electron chi connectivity index (χ0n) is 14.5. The quantitative estimate of drug-likeness (QED) is 0.764. The Morgan fingerprint density at radius 3 is 2.78 bits per heavy atom. The first-order valence-corrected chi connectivity index (χ1v) is 8.33. The zero-order valence-corrected chi connectivity index (χ0v) is 14.5. The van der Waals surface area contributed by atoms with Crippen molar-refractivity contribution in [3.05, 3.63) is 65.9 Å². The molecule has 0 saturated heterocycles. The molecule has 0 unspecified atom stereocenters. The number of fused-ring (bicyclic) bond motifs is 1. The Hall–Kier alpha value is -3.61. The van der Waals surface area contributed by atoms with Gasteiger partial charge in [0.05, 0.1) is 7.11 Å². The van der Waals surface area contributed by atoms with Crippen LogP contribution in [-0.2, 0) is 4.79 Å². The molecule has 2 heterocycles. The molecule has 1 aliphatic heterocycles. The number of benzene rings is 2. The monoisotopic (exact) mass is 364 g/mol. The van der Waals surface area contributed by atoms with E-state index in [1.807, 2.05) is 12.1 Å². The van der Waals surface area contributed by atoms with E-state index in [9.17, 15) is 14.7 Å². The summed E-state index contributed by atoms with van der Waals surface area (Å²) in [5.41, 5.74) is 2.05. The Balaban J connectivity index is 1.65. The van der Waals surface area contributed by atoms with E-state index < -0.39 is 17.8 Å². The largest absolute Gasteiger partial charge is 0.497 e.